The van der Waals surface area contributed by atoms with Crippen LogP contribution in [-0.2, 0) is 11.2 Å². The Balaban J connectivity index is 2.84. The molecule has 0 aliphatic rings. The van der Waals surface area contributed by atoms with E-state index >= 15 is 0 Å². The molecule has 3 heteroatoms. The number of carboxylic acid groups (broad SMARTS) is 1. The van der Waals surface area contributed by atoms with Crippen molar-refractivity contribution < 1.29 is 9.90 Å². The van der Waals surface area contributed by atoms with Gasteiger partial charge in [0.25, 0.3) is 0 Å². The lowest BCUT2D eigenvalue weighted by Gasteiger charge is -2.20. The quantitative estimate of drug-likeness (QED) is 0.814. The third-order valence-corrected chi connectivity index (χ3v) is 2.58. The van der Waals surface area contributed by atoms with Crippen molar-refractivity contribution in [1.82, 2.24) is 4.90 Å². The predicted octanol–water partition coefficient (Wildman–Crippen LogP) is 1.55. The fraction of sp³-hybridized carbons (Fsp3) is 0.417. The van der Waals surface area contributed by atoms with Crippen LogP contribution in [0.1, 0.15) is 11.1 Å². The molecule has 0 aromatic heterocycles. The first-order chi connectivity index (χ1) is 7.02. The lowest BCUT2D eigenvalue weighted by molar-refractivity contribution is -0.142. The fourth-order valence-corrected chi connectivity index (χ4v) is 1.54. The molecule has 0 radical (unpaired) electrons. The second kappa shape index (κ2) is 4.94. The number of likely N-dealkylation sites (N-methyl/N-ethyl adjacent to an activating group) is 1. The van der Waals surface area contributed by atoms with Crippen LogP contribution in [0.5, 0.6) is 0 Å². The maximum atomic E-state index is 11.0. The van der Waals surface area contributed by atoms with Gasteiger partial charge in [-0.1, -0.05) is 24.3 Å². The van der Waals surface area contributed by atoms with E-state index in [-0.39, 0.29) is 0 Å². The van der Waals surface area contributed by atoms with Gasteiger partial charge in [0.1, 0.15) is 6.04 Å². The molecular weight excluding hydrogens is 190 g/mol. The van der Waals surface area contributed by atoms with Gasteiger partial charge in [0.05, 0.1) is 0 Å². The van der Waals surface area contributed by atoms with Crippen LogP contribution in [0, 0.1) is 6.92 Å². The fourth-order valence-electron chi connectivity index (χ4n) is 1.54. The zero-order valence-electron chi connectivity index (χ0n) is 9.40. The number of nitrogens with zero attached hydrogens (tertiary/aromatic N) is 1. The van der Waals surface area contributed by atoms with Gasteiger partial charge in [-0.3, -0.25) is 9.69 Å². The number of hydrogen-bond donors (Lipinski definition) is 1. The van der Waals surface area contributed by atoms with Crippen molar-refractivity contribution >= 4 is 5.97 Å². The molecule has 0 saturated carbocycles. The second-order valence-electron chi connectivity index (χ2n) is 3.95. The monoisotopic (exact) mass is 207 g/mol. The Bertz CT molecular complexity index is 347. The molecule has 0 unspecified atom stereocenters. The second-order valence-corrected chi connectivity index (χ2v) is 3.95. The molecule has 1 N–H and O–H groups in total. The van der Waals surface area contributed by atoms with Gasteiger partial charge >= 0.3 is 5.97 Å². The minimum Gasteiger partial charge on any atom is -0.480 e. The van der Waals surface area contributed by atoms with Gasteiger partial charge in [0, 0.05) is 0 Å². The SMILES string of the molecule is Cc1ccccc1C[C@H](C(=O)O)N(C)C. The molecule has 15 heavy (non-hydrogen) atoms. The Labute approximate surface area is 90.3 Å². The van der Waals surface area contributed by atoms with Gasteiger partial charge in [0.2, 0.25) is 0 Å². The summed E-state index contributed by atoms with van der Waals surface area (Å²) >= 11 is 0. The summed E-state index contributed by atoms with van der Waals surface area (Å²) in [4.78, 5) is 12.7. The summed E-state index contributed by atoms with van der Waals surface area (Å²) in [6.07, 6.45) is 0.551. The van der Waals surface area contributed by atoms with Gasteiger partial charge < -0.3 is 5.11 Å². The normalized spacial score (nSPS) is 12.8. The summed E-state index contributed by atoms with van der Waals surface area (Å²) in [5, 5.41) is 9.05. The Morgan fingerprint density at radius 2 is 2.00 bits per heavy atom. The molecule has 3 nitrogen and oxygen atoms in total. The standard InChI is InChI=1S/C12H17NO2/c1-9-6-4-5-7-10(9)8-11(12(14)15)13(2)3/h4-7,11H,8H2,1-3H3,(H,14,15)/t11-/m1/s1. The minimum absolute atomic E-state index is 0.453. The average Bonchev–Trinajstić information content (AvgIpc) is 2.15. The van der Waals surface area contributed by atoms with Crippen molar-refractivity contribution in [3.05, 3.63) is 35.4 Å². The van der Waals surface area contributed by atoms with E-state index in [2.05, 4.69) is 0 Å². The van der Waals surface area contributed by atoms with E-state index in [1.54, 1.807) is 19.0 Å². The highest BCUT2D eigenvalue weighted by molar-refractivity contribution is 5.73. The molecule has 0 fully saturated rings. The third kappa shape index (κ3) is 3.06. The third-order valence-electron chi connectivity index (χ3n) is 2.58. The molecule has 82 valence electrons. The van der Waals surface area contributed by atoms with E-state index in [9.17, 15) is 4.79 Å². The van der Waals surface area contributed by atoms with Crippen LogP contribution in [0.3, 0.4) is 0 Å². The first-order valence-corrected chi connectivity index (χ1v) is 4.96. The first kappa shape index (κ1) is 11.7. The van der Waals surface area contributed by atoms with Crippen LogP contribution in [0.15, 0.2) is 24.3 Å². The smallest absolute Gasteiger partial charge is 0.321 e. The molecule has 0 spiro atoms. The Hall–Kier alpha value is -1.35. The summed E-state index contributed by atoms with van der Waals surface area (Å²) in [5.74, 6) is -0.775. The molecule has 0 aliphatic carbocycles. The Morgan fingerprint density at radius 1 is 1.40 bits per heavy atom. The van der Waals surface area contributed by atoms with Crippen molar-refractivity contribution in [3.8, 4) is 0 Å². The summed E-state index contributed by atoms with van der Waals surface area (Å²) in [6, 6.07) is 7.44. The van der Waals surface area contributed by atoms with Crippen LogP contribution in [0.25, 0.3) is 0 Å². The summed E-state index contributed by atoms with van der Waals surface area (Å²) in [5.41, 5.74) is 2.24. The van der Waals surface area contributed by atoms with Gasteiger partial charge in [-0.05, 0) is 38.6 Å². The molecule has 1 aromatic rings. The lowest BCUT2D eigenvalue weighted by atomic mass is 10.0. The topological polar surface area (TPSA) is 40.5 Å². The highest BCUT2D eigenvalue weighted by atomic mass is 16.4. The number of rotatable bonds is 4. The molecule has 0 amide bonds. The van der Waals surface area contributed by atoms with Crippen LogP contribution in [0.2, 0.25) is 0 Å². The van der Waals surface area contributed by atoms with Crippen LogP contribution < -0.4 is 0 Å². The van der Waals surface area contributed by atoms with E-state index in [1.165, 1.54) is 0 Å². The van der Waals surface area contributed by atoms with Gasteiger partial charge in [-0.15, -0.1) is 0 Å². The minimum atomic E-state index is -0.775. The van der Waals surface area contributed by atoms with Crippen molar-refractivity contribution in [2.45, 2.75) is 19.4 Å². The van der Waals surface area contributed by atoms with Crippen LogP contribution in [0.4, 0.5) is 0 Å². The van der Waals surface area contributed by atoms with E-state index < -0.39 is 12.0 Å². The highest BCUT2D eigenvalue weighted by Gasteiger charge is 2.20. The summed E-state index contributed by atoms with van der Waals surface area (Å²) in [7, 11) is 3.58. The molecule has 0 bridgehead atoms. The molecular formula is C12H17NO2. The van der Waals surface area contributed by atoms with Gasteiger partial charge in [0.15, 0.2) is 0 Å². The molecule has 1 rings (SSSR count). The summed E-state index contributed by atoms with van der Waals surface area (Å²) in [6.45, 7) is 2.00. The Morgan fingerprint density at radius 3 is 2.47 bits per heavy atom. The van der Waals surface area contributed by atoms with Crippen LogP contribution in [-0.4, -0.2) is 36.1 Å². The van der Waals surface area contributed by atoms with E-state index in [0.717, 1.165) is 11.1 Å². The maximum Gasteiger partial charge on any atom is 0.321 e. The number of carbonyl (C=O) groups is 1. The zero-order chi connectivity index (χ0) is 11.4. The van der Waals surface area contributed by atoms with Crippen molar-refractivity contribution in [2.75, 3.05) is 14.1 Å². The van der Waals surface area contributed by atoms with E-state index in [1.807, 2.05) is 31.2 Å². The Kier molecular flexibility index (Phi) is 3.86. The predicted molar refractivity (Wildman–Crippen MR) is 60.0 cm³/mol. The van der Waals surface area contributed by atoms with Crippen LogP contribution >= 0.6 is 0 Å². The average molecular weight is 207 g/mol. The largest absolute Gasteiger partial charge is 0.480 e. The number of hydrogen-bond acceptors (Lipinski definition) is 2. The first-order valence-electron chi connectivity index (χ1n) is 4.96. The van der Waals surface area contributed by atoms with Gasteiger partial charge in [-0.25, -0.2) is 0 Å². The molecule has 1 atom stereocenters. The van der Waals surface area contributed by atoms with E-state index in [4.69, 9.17) is 5.11 Å². The van der Waals surface area contributed by atoms with E-state index in [0.29, 0.717) is 6.42 Å². The lowest BCUT2D eigenvalue weighted by Crippen LogP contribution is -2.37. The molecule has 1 aromatic carbocycles. The number of aliphatic carboxylic acids is 1. The van der Waals surface area contributed by atoms with Gasteiger partial charge in [-0.2, -0.15) is 0 Å². The van der Waals surface area contributed by atoms with Crippen molar-refractivity contribution in [1.29, 1.82) is 0 Å². The molecule has 0 aliphatic heterocycles. The number of aryl methyl sites for hydroxylation is 1. The highest BCUT2D eigenvalue weighted by Crippen LogP contribution is 2.11. The molecule has 0 heterocycles. The maximum absolute atomic E-state index is 11.0. The van der Waals surface area contributed by atoms with Crippen molar-refractivity contribution in [2.24, 2.45) is 0 Å². The number of carboxylic acids is 1. The number of benzene rings is 1. The molecule has 0 saturated heterocycles. The summed E-state index contributed by atoms with van der Waals surface area (Å²) < 4.78 is 0. The van der Waals surface area contributed by atoms with Crippen molar-refractivity contribution in [3.63, 3.8) is 0 Å². The zero-order valence-corrected chi connectivity index (χ0v) is 9.40.